The topological polar surface area (TPSA) is 155 Å². The van der Waals surface area contributed by atoms with E-state index < -0.39 is 22.3 Å². The summed E-state index contributed by atoms with van der Waals surface area (Å²) in [6.45, 7) is 24.5. The van der Waals surface area contributed by atoms with E-state index in [1.54, 1.807) is 29.6 Å². The molecule has 0 fully saturated rings. The van der Waals surface area contributed by atoms with Crippen molar-refractivity contribution in [2.24, 2.45) is 15.9 Å². The Morgan fingerprint density at radius 3 is 2.34 bits per heavy atom. The zero-order valence-electron chi connectivity index (χ0n) is 35.9. The van der Waals surface area contributed by atoms with E-state index >= 15 is 0 Å². The number of benzene rings is 3. The third kappa shape index (κ3) is 7.73. The monoisotopic (exact) mass is 820 g/mol. The number of anilines is 4. The zero-order valence-corrected chi connectivity index (χ0v) is 36.7. The molecule has 2 aromatic heterocycles. The molecule has 59 heavy (non-hydrogen) atoms. The van der Waals surface area contributed by atoms with Gasteiger partial charge in [0.15, 0.2) is 5.82 Å². The average molecular weight is 821 g/mol. The second-order valence-electron chi connectivity index (χ2n) is 18.3. The maximum absolute atomic E-state index is 14.5. The van der Waals surface area contributed by atoms with Crippen LogP contribution in [0.1, 0.15) is 91.2 Å². The number of aryl methyl sites for hydroxylation is 2. The first-order valence-corrected chi connectivity index (χ1v) is 21.1. The molecule has 3 N–H and O–H groups in total. The minimum atomic E-state index is -1.87. The van der Waals surface area contributed by atoms with Gasteiger partial charge in [0.2, 0.25) is 11.5 Å². The molecule has 3 aromatic carbocycles. The summed E-state index contributed by atoms with van der Waals surface area (Å²) in [6, 6.07) is 19.0. The molecular weight excluding hydrogens is 765 g/mol. The summed E-state index contributed by atoms with van der Waals surface area (Å²) in [7, 11) is 0. The maximum Gasteiger partial charge on any atom is 0.330 e. The molecule has 2 amide bonds. The molecule has 0 bridgehead atoms. The standard InChI is InChI=1S/C44H56N10O4S/c1-12-51(21-22-55)33-19-20-34(29(3)23-33)53-40(56)46-36-25-45-27-52(36)44(53)38(42(7,8)9)49-54-39(44)47-37(48-54)30-14-17-32(18-15-30)50-59(57)58-35-24-31(16-13-28(35)2)43(10,11)26-41(4,5)6/h13-20,23-25,27,50,55H,12,21-22,26H2,1-11H3,(H,46,56). The van der Waals surface area contributed by atoms with Crippen LogP contribution < -0.4 is 24.0 Å². The minimum absolute atomic E-state index is 0.0256. The van der Waals surface area contributed by atoms with Crippen LogP contribution in [0.5, 0.6) is 5.75 Å². The van der Waals surface area contributed by atoms with Crippen molar-refractivity contribution in [1.29, 1.82) is 0 Å². The van der Waals surface area contributed by atoms with Gasteiger partial charge in [-0.15, -0.1) is 9.89 Å². The van der Waals surface area contributed by atoms with Crippen LogP contribution in [0.15, 0.2) is 78.3 Å². The number of fused-ring (bicyclic) bond motifs is 4. The molecule has 312 valence electrons. The van der Waals surface area contributed by atoms with Crippen molar-refractivity contribution in [3.63, 3.8) is 0 Å². The summed E-state index contributed by atoms with van der Waals surface area (Å²) < 4.78 is 24.1. The fourth-order valence-corrected chi connectivity index (χ4v) is 9.25. The van der Waals surface area contributed by atoms with Crippen LogP contribution in [-0.2, 0) is 22.3 Å². The Morgan fingerprint density at radius 1 is 0.966 bits per heavy atom. The number of urea groups is 1. The lowest BCUT2D eigenvalue weighted by Gasteiger charge is -2.47. The van der Waals surface area contributed by atoms with E-state index in [0.29, 0.717) is 59.0 Å². The summed E-state index contributed by atoms with van der Waals surface area (Å²) in [6.07, 6.45) is 4.28. The highest BCUT2D eigenvalue weighted by molar-refractivity contribution is 7.82. The molecule has 7 rings (SSSR count). The lowest BCUT2D eigenvalue weighted by molar-refractivity contribution is 0.245. The van der Waals surface area contributed by atoms with E-state index in [1.165, 1.54) is 4.79 Å². The van der Waals surface area contributed by atoms with E-state index in [-0.39, 0.29) is 23.5 Å². The van der Waals surface area contributed by atoms with Crippen LogP contribution in [0.25, 0.3) is 11.4 Å². The number of carbonyl (C=O) groups excluding carboxylic acids is 1. The van der Waals surface area contributed by atoms with Crippen molar-refractivity contribution in [2.45, 2.75) is 93.7 Å². The Hall–Kier alpha value is -5.54. The predicted molar refractivity (Wildman–Crippen MR) is 235 cm³/mol. The molecule has 0 saturated heterocycles. The molecule has 5 aromatic rings. The normalized spacial score (nSPS) is 17.1. The molecule has 0 radical (unpaired) electrons. The van der Waals surface area contributed by atoms with Crippen LogP contribution in [0.4, 0.5) is 27.7 Å². The van der Waals surface area contributed by atoms with Gasteiger partial charge in [-0.3, -0.25) is 19.5 Å². The van der Waals surface area contributed by atoms with Gasteiger partial charge < -0.3 is 14.2 Å². The lowest BCUT2D eigenvalue weighted by Crippen LogP contribution is -2.65. The van der Waals surface area contributed by atoms with Gasteiger partial charge in [0.1, 0.15) is 17.3 Å². The molecule has 4 heterocycles. The van der Waals surface area contributed by atoms with Gasteiger partial charge in [0, 0.05) is 35.4 Å². The van der Waals surface area contributed by atoms with E-state index in [0.717, 1.165) is 28.8 Å². The summed E-state index contributed by atoms with van der Waals surface area (Å²) >= 11 is -1.87. The Balaban J connectivity index is 1.21. The van der Waals surface area contributed by atoms with Gasteiger partial charge in [-0.2, -0.15) is 9.31 Å². The fourth-order valence-electron chi connectivity index (χ4n) is 8.54. The van der Waals surface area contributed by atoms with Crippen molar-refractivity contribution < 1.29 is 18.3 Å². The highest BCUT2D eigenvalue weighted by atomic mass is 32.2. The first-order valence-electron chi connectivity index (χ1n) is 20.0. The van der Waals surface area contributed by atoms with Crippen LogP contribution in [0, 0.1) is 24.7 Å². The number of imidazole rings is 1. The fraction of sp³-hybridized carbons (Fsp3) is 0.432. The number of likely N-dealkylation sites (N-methyl/N-ethyl adjacent to an activating group) is 1. The Bertz CT molecular complexity index is 2440. The molecule has 15 heteroatoms. The van der Waals surface area contributed by atoms with Crippen molar-refractivity contribution >= 4 is 45.9 Å². The Morgan fingerprint density at radius 2 is 1.69 bits per heavy atom. The molecule has 2 atom stereocenters. The highest BCUT2D eigenvalue weighted by Crippen LogP contribution is 2.49. The number of hydrogen-bond acceptors (Lipinski definition) is 9. The van der Waals surface area contributed by atoms with Crippen molar-refractivity contribution in [3.05, 3.63) is 95.7 Å². The summed E-state index contributed by atoms with van der Waals surface area (Å²) in [5.74, 6) is 1.88. The minimum Gasteiger partial charge on any atom is -0.395 e. The Labute approximate surface area is 349 Å². The second kappa shape index (κ2) is 15.2. The van der Waals surface area contributed by atoms with E-state index in [4.69, 9.17) is 19.4 Å². The maximum atomic E-state index is 14.5. The lowest BCUT2D eigenvalue weighted by atomic mass is 9.72. The number of rotatable bonds is 12. The first kappa shape index (κ1) is 41.6. The average Bonchev–Trinajstić information content (AvgIpc) is 3.87. The number of nitrogens with zero attached hydrogens (tertiary/aromatic N) is 8. The van der Waals surface area contributed by atoms with Gasteiger partial charge in [-0.25, -0.2) is 14.8 Å². The number of carbonyl (C=O) groups is 1. The molecule has 0 saturated carbocycles. The first-order chi connectivity index (χ1) is 27.8. The zero-order chi connectivity index (χ0) is 42.7. The van der Waals surface area contributed by atoms with E-state index in [2.05, 4.69) is 81.4 Å². The number of nitrogens with one attached hydrogen (secondary N) is 2. The third-order valence-corrected chi connectivity index (χ3v) is 11.6. The van der Waals surface area contributed by atoms with Crippen LogP contribution in [0.2, 0.25) is 0 Å². The molecule has 0 aliphatic carbocycles. The van der Waals surface area contributed by atoms with Crippen molar-refractivity contribution in [1.82, 2.24) is 24.4 Å². The van der Waals surface area contributed by atoms with Gasteiger partial charge in [-0.1, -0.05) is 67.5 Å². The quantitative estimate of drug-likeness (QED) is 0.113. The van der Waals surface area contributed by atoms with Crippen LogP contribution in [-0.4, -0.2) is 65.2 Å². The number of aromatic nitrogens is 5. The van der Waals surface area contributed by atoms with Crippen molar-refractivity contribution in [3.8, 4) is 17.1 Å². The Kier molecular flexibility index (Phi) is 10.8. The van der Waals surface area contributed by atoms with E-state index in [9.17, 15) is 14.1 Å². The molecule has 14 nitrogen and oxygen atoms in total. The van der Waals surface area contributed by atoms with Gasteiger partial charge >= 0.3 is 17.3 Å². The smallest absolute Gasteiger partial charge is 0.330 e. The molecule has 2 aliphatic rings. The molecule has 2 unspecified atom stereocenters. The van der Waals surface area contributed by atoms with Crippen LogP contribution in [0.3, 0.4) is 0 Å². The molecular formula is C44H56N10O4S. The molecule has 1 spiro atoms. The largest absolute Gasteiger partial charge is 0.395 e. The summed E-state index contributed by atoms with van der Waals surface area (Å²) in [4.78, 5) is 29.3. The molecule has 2 aliphatic heterocycles. The highest BCUT2D eigenvalue weighted by Gasteiger charge is 2.61. The predicted octanol–water partition coefficient (Wildman–Crippen LogP) is 8.38. The van der Waals surface area contributed by atoms with Crippen LogP contribution >= 0.6 is 0 Å². The number of hydrogen-bond donors (Lipinski definition) is 3. The van der Waals surface area contributed by atoms with Crippen molar-refractivity contribution in [2.75, 3.05) is 39.5 Å². The summed E-state index contributed by atoms with van der Waals surface area (Å²) in [5.41, 5.74) is 4.51. The number of aliphatic hydroxyl groups excluding tert-OH is 1. The number of amides is 2. The van der Waals surface area contributed by atoms with Gasteiger partial charge in [0.25, 0.3) is 0 Å². The number of aliphatic hydroxyl groups is 1. The second-order valence-corrected chi connectivity index (χ2v) is 19.1. The third-order valence-electron chi connectivity index (χ3n) is 10.9. The van der Waals surface area contributed by atoms with Gasteiger partial charge in [0.05, 0.1) is 24.8 Å². The summed E-state index contributed by atoms with van der Waals surface area (Å²) in [5, 5.41) is 22.7. The van der Waals surface area contributed by atoms with Gasteiger partial charge in [-0.05, 0) is 103 Å². The van der Waals surface area contributed by atoms with E-state index in [1.807, 2.05) is 67.8 Å². The SMILES string of the molecule is CCN(CCO)c1ccc(N2C(=O)Nc3cncn3C23C(C(C)(C)C)=Nn2nc(-c4ccc(NS(=O)Oc5cc(C(C)(C)CC(C)(C)C)ccc5C)cc4)nc23)c(C)c1.